The minimum Gasteiger partial charge on any atom is -0.276 e. The number of carbonyl (C=O) groups is 1. The van der Waals surface area contributed by atoms with Crippen LogP contribution in [0.15, 0.2) is 11.6 Å². The van der Waals surface area contributed by atoms with Crippen molar-refractivity contribution < 1.29 is 4.79 Å². The molecule has 3 heteroatoms. The Morgan fingerprint density at radius 1 is 1.42 bits per heavy atom. The first kappa shape index (κ1) is 10.1. The van der Waals surface area contributed by atoms with E-state index in [1.165, 1.54) is 19.3 Å². The Balaban J connectivity index is 0.000000720. The van der Waals surface area contributed by atoms with Gasteiger partial charge in [0.2, 0.25) is 5.24 Å². The third-order valence-corrected chi connectivity index (χ3v) is 3.16. The van der Waals surface area contributed by atoms with E-state index < -0.39 is 0 Å². The van der Waals surface area contributed by atoms with E-state index in [2.05, 4.69) is 0 Å². The van der Waals surface area contributed by atoms with Crippen LogP contribution in [0.3, 0.4) is 0 Å². The van der Waals surface area contributed by atoms with Gasteiger partial charge in [0.05, 0.1) is 0 Å². The van der Waals surface area contributed by atoms with Crippen molar-refractivity contribution in [2.75, 3.05) is 0 Å². The lowest BCUT2D eigenvalue weighted by Gasteiger charge is -2.40. The number of rotatable bonds is 1. The Kier molecular flexibility index (Phi) is 3.19. The lowest BCUT2D eigenvalue weighted by Crippen LogP contribution is -2.31. The number of fused-ring (bicyclic) bond motifs is 1. The van der Waals surface area contributed by atoms with Gasteiger partial charge in [0.1, 0.15) is 0 Å². The van der Waals surface area contributed by atoms with Crippen LogP contribution in [0.2, 0.25) is 0 Å². The molecule has 0 aromatic carbocycles. The Bertz CT molecular complexity index is 223. The summed E-state index contributed by atoms with van der Waals surface area (Å²) in [5.74, 6) is 1.30. The van der Waals surface area contributed by atoms with Crippen LogP contribution in [0, 0.1) is 11.8 Å². The Hall–Kier alpha value is -0.0100. The second kappa shape index (κ2) is 3.80. The van der Waals surface area contributed by atoms with Crippen molar-refractivity contribution in [3.05, 3.63) is 11.6 Å². The lowest BCUT2D eigenvalue weighted by molar-refractivity contribution is -0.109. The topological polar surface area (TPSA) is 17.1 Å². The van der Waals surface area contributed by atoms with Gasteiger partial charge in [-0.1, -0.05) is 6.08 Å². The summed E-state index contributed by atoms with van der Waals surface area (Å²) in [5.41, 5.74) is 0.897. The van der Waals surface area contributed by atoms with Crippen LogP contribution in [0.5, 0.6) is 0 Å². The average molecular weight is 207 g/mol. The average Bonchev–Trinajstić information content (AvgIpc) is 1.90. The molecule has 2 unspecified atom stereocenters. The molecule has 0 aliphatic heterocycles. The zero-order valence-electron chi connectivity index (χ0n) is 6.75. The summed E-state index contributed by atoms with van der Waals surface area (Å²) in [6.07, 6.45) is 6.81. The van der Waals surface area contributed by atoms with Gasteiger partial charge < -0.3 is 0 Å². The molecule has 2 rings (SSSR count). The fourth-order valence-electron chi connectivity index (χ4n) is 2.15. The van der Waals surface area contributed by atoms with E-state index in [-0.39, 0.29) is 17.6 Å². The Morgan fingerprint density at radius 3 is 2.58 bits per heavy atom. The van der Waals surface area contributed by atoms with E-state index in [9.17, 15) is 4.79 Å². The molecule has 1 nitrogen and oxygen atoms in total. The Labute approximate surface area is 83.6 Å². The third-order valence-electron chi connectivity index (χ3n) is 2.95. The van der Waals surface area contributed by atoms with Gasteiger partial charge in [-0.2, -0.15) is 0 Å². The van der Waals surface area contributed by atoms with Crippen LogP contribution >= 0.6 is 24.0 Å². The molecule has 1 saturated carbocycles. The highest BCUT2D eigenvalue weighted by Crippen LogP contribution is 2.45. The molecule has 2 aliphatic rings. The van der Waals surface area contributed by atoms with Gasteiger partial charge in [0.15, 0.2) is 0 Å². The van der Waals surface area contributed by atoms with Crippen LogP contribution < -0.4 is 0 Å². The van der Waals surface area contributed by atoms with Crippen molar-refractivity contribution in [1.29, 1.82) is 0 Å². The minimum absolute atomic E-state index is 0. The SMILES string of the molecule is Cl.O=C(Cl)C1=CCCC2CCC12. The largest absolute Gasteiger partial charge is 0.276 e. The summed E-state index contributed by atoms with van der Waals surface area (Å²) in [5, 5.41) is -0.223. The summed E-state index contributed by atoms with van der Waals surface area (Å²) in [6.45, 7) is 0. The van der Waals surface area contributed by atoms with Crippen molar-refractivity contribution in [3.8, 4) is 0 Å². The second-order valence-corrected chi connectivity index (χ2v) is 3.80. The molecular weight excluding hydrogens is 195 g/mol. The van der Waals surface area contributed by atoms with Gasteiger partial charge in [0.25, 0.3) is 0 Å². The molecule has 0 heterocycles. The first-order chi connectivity index (χ1) is 5.29. The molecule has 1 fully saturated rings. The summed E-state index contributed by atoms with van der Waals surface area (Å²) in [4.78, 5) is 10.9. The van der Waals surface area contributed by atoms with Crippen molar-refractivity contribution in [2.45, 2.75) is 25.7 Å². The van der Waals surface area contributed by atoms with E-state index in [1.54, 1.807) is 0 Å². The maximum Gasteiger partial charge on any atom is 0.248 e. The van der Waals surface area contributed by atoms with Crippen LogP contribution in [0.25, 0.3) is 0 Å². The predicted molar refractivity (Wildman–Crippen MR) is 51.6 cm³/mol. The first-order valence-electron chi connectivity index (χ1n) is 4.19. The number of halogens is 2. The fraction of sp³-hybridized carbons (Fsp3) is 0.667. The number of carbonyl (C=O) groups excluding carboxylic acids is 1. The molecule has 2 atom stereocenters. The van der Waals surface area contributed by atoms with E-state index in [0.29, 0.717) is 5.92 Å². The highest BCUT2D eigenvalue weighted by Gasteiger charge is 2.37. The smallest absolute Gasteiger partial charge is 0.248 e. The van der Waals surface area contributed by atoms with Gasteiger partial charge in [-0.15, -0.1) is 12.4 Å². The molecule has 0 aromatic heterocycles. The molecule has 0 amide bonds. The third kappa shape index (κ3) is 1.53. The van der Waals surface area contributed by atoms with Crippen molar-refractivity contribution in [1.82, 2.24) is 0 Å². The number of hydrogen-bond donors (Lipinski definition) is 0. The van der Waals surface area contributed by atoms with E-state index in [4.69, 9.17) is 11.6 Å². The highest BCUT2D eigenvalue weighted by atomic mass is 35.5. The first-order valence-corrected chi connectivity index (χ1v) is 4.56. The minimum atomic E-state index is -0.223. The quantitative estimate of drug-likeness (QED) is 0.604. The summed E-state index contributed by atoms with van der Waals surface area (Å²) < 4.78 is 0. The zero-order valence-corrected chi connectivity index (χ0v) is 8.33. The van der Waals surface area contributed by atoms with Crippen molar-refractivity contribution in [3.63, 3.8) is 0 Å². The predicted octanol–water partition coefficient (Wildman–Crippen LogP) is 2.92. The standard InChI is InChI=1S/C9H11ClO.ClH/c10-9(11)8-3-1-2-6-4-5-7(6)8;/h3,6-7H,1-2,4-5H2;1H. The van der Waals surface area contributed by atoms with E-state index >= 15 is 0 Å². The molecule has 0 bridgehead atoms. The molecule has 2 aliphatic carbocycles. The number of hydrogen-bond acceptors (Lipinski definition) is 1. The maximum absolute atomic E-state index is 10.9. The van der Waals surface area contributed by atoms with Crippen LogP contribution in [0.4, 0.5) is 0 Å². The normalized spacial score (nSPS) is 32.2. The van der Waals surface area contributed by atoms with Gasteiger partial charge in [0, 0.05) is 5.57 Å². The summed E-state index contributed by atoms with van der Waals surface area (Å²) in [7, 11) is 0. The number of allylic oxidation sites excluding steroid dienone is 2. The van der Waals surface area contributed by atoms with E-state index in [0.717, 1.165) is 17.9 Å². The highest BCUT2D eigenvalue weighted by molar-refractivity contribution is 6.67. The molecule has 68 valence electrons. The molecule has 0 radical (unpaired) electrons. The fourth-order valence-corrected chi connectivity index (χ4v) is 2.37. The molecule has 0 aromatic rings. The molecule has 0 spiro atoms. The molecule has 12 heavy (non-hydrogen) atoms. The second-order valence-electron chi connectivity index (χ2n) is 3.45. The lowest BCUT2D eigenvalue weighted by atomic mass is 9.65. The Morgan fingerprint density at radius 2 is 2.17 bits per heavy atom. The van der Waals surface area contributed by atoms with Gasteiger partial charge in [-0.05, 0) is 49.1 Å². The summed E-state index contributed by atoms with van der Waals surface area (Å²) in [6, 6.07) is 0. The maximum atomic E-state index is 10.9. The molecule has 0 saturated heterocycles. The van der Waals surface area contributed by atoms with Gasteiger partial charge in [-0.25, -0.2) is 0 Å². The molecule has 0 N–H and O–H groups in total. The van der Waals surface area contributed by atoms with Crippen LogP contribution in [-0.2, 0) is 4.79 Å². The van der Waals surface area contributed by atoms with Gasteiger partial charge >= 0.3 is 0 Å². The van der Waals surface area contributed by atoms with Crippen LogP contribution in [-0.4, -0.2) is 5.24 Å². The van der Waals surface area contributed by atoms with Crippen LogP contribution in [0.1, 0.15) is 25.7 Å². The van der Waals surface area contributed by atoms with Gasteiger partial charge in [-0.3, -0.25) is 4.79 Å². The zero-order chi connectivity index (χ0) is 7.84. The summed E-state index contributed by atoms with van der Waals surface area (Å²) >= 11 is 5.44. The van der Waals surface area contributed by atoms with Crippen molar-refractivity contribution >= 4 is 29.3 Å². The molecular formula is C9H12Cl2O. The monoisotopic (exact) mass is 206 g/mol. The van der Waals surface area contributed by atoms with E-state index in [1.807, 2.05) is 6.08 Å². The van der Waals surface area contributed by atoms with Crippen molar-refractivity contribution in [2.24, 2.45) is 11.8 Å².